The van der Waals surface area contributed by atoms with E-state index in [1.165, 1.54) is 17.1 Å². The molecule has 1 amide bonds. The summed E-state index contributed by atoms with van der Waals surface area (Å²) in [5.74, 6) is 1.03. The van der Waals surface area contributed by atoms with Crippen LogP contribution in [0.5, 0.6) is 0 Å². The van der Waals surface area contributed by atoms with Crippen LogP contribution >= 0.6 is 23.1 Å². The summed E-state index contributed by atoms with van der Waals surface area (Å²) in [6, 6.07) is 18.0. The number of nitrogens with zero attached hydrogens (tertiary/aromatic N) is 5. The number of rotatable bonds is 5. The molecule has 1 aromatic heterocycles. The van der Waals surface area contributed by atoms with Crippen LogP contribution in [0, 0.1) is 0 Å². The quantitative estimate of drug-likeness (QED) is 0.565. The molecule has 1 atom stereocenters. The molecule has 0 saturated carbocycles. The number of aromatic nitrogens is 2. The fourth-order valence-corrected chi connectivity index (χ4v) is 5.57. The largest absolute Gasteiger partial charge is 0.367 e. The molecular weight excluding hydrogens is 442 g/mol. The van der Waals surface area contributed by atoms with Crippen molar-refractivity contribution in [3.05, 3.63) is 71.0 Å². The average molecular weight is 468 g/mol. The molecule has 8 heteroatoms. The fraction of sp³-hybridized carbons (Fsp3) is 0.375. The second-order valence-corrected chi connectivity index (χ2v) is 9.41. The van der Waals surface area contributed by atoms with E-state index in [9.17, 15) is 4.79 Å². The molecule has 2 aliphatic heterocycles. The smallest absolute Gasteiger partial charge is 0.245 e. The summed E-state index contributed by atoms with van der Waals surface area (Å²) in [6.07, 6.45) is 2.59. The Morgan fingerprint density at radius 1 is 1.00 bits per heavy atom. The predicted molar refractivity (Wildman–Crippen MR) is 130 cm³/mol. The maximum Gasteiger partial charge on any atom is 0.245 e. The summed E-state index contributed by atoms with van der Waals surface area (Å²) >= 11 is 7.76. The van der Waals surface area contributed by atoms with Crippen LogP contribution in [0.1, 0.15) is 24.2 Å². The van der Waals surface area contributed by atoms with Gasteiger partial charge in [0.05, 0.1) is 10.7 Å². The number of hydrogen-bond acceptors (Lipinski definition) is 6. The zero-order chi connectivity index (χ0) is 21.9. The molecule has 0 N–H and O–H groups in total. The van der Waals surface area contributed by atoms with Gasteiger partial charge in [-0.25, -0.2) is 4.98 Å². The van der Waals surface area contributed by atoms with Crippen LogP contribution in [-0.2, 0) is 11.2 Å². The third-order valence-electron chi connectivity index (χ3n) is 6.23. The molecule has 5 rings (SSSR count). The fourth-order valence-electron chi connectivity index (χ4n) is 4.55. The first-order chi connectivity index (χ1) is 15.7. The SMILES string of the molecule is O=C(C1CCCN1c1nc(Cc2ccccc2)ns1)N1CCN(c2ccccc2Cl)CC1. The summed E-state index contributed by atoms with van der Waals surface area (Å²) in [5.41, 5.74) is 2.24. The number of halogens is 1. The maximum absolute atomic E-state index is 13.4. The molecule has 2 saturated heterocycles. The summed E-state index contributed by atoms with van der Waals surface area (Å²) in [7, 11) is 0. The van der Waals surface area contributed by atoms with Crippen molar-refractivity contribution in [2.45, 2.75) is 25.3 Å². The first-order valence-corrected chi connectivity index (χ1v) is 12.3. The van der Waals surface area contributed by atoms with Gasteiger partial charge in [0.15, 0.2) is 0 Å². The van der Waals surface area contributed by atoms with Crippen molar-refractivity contribution in [1.82, 2.24) is 14.3 Å². The molecule has 3 heterocycles. The minimum atomic E-state index is -0.139. The van der Waals surface area contributed by atoms with Gasteiger partial charge in [0.2, 0.25) is 11.0 Å². The molecule has 2 aliphatic rings. The van der Waals surface area contributed by atoms with Crippen molar-refractivity contribution in [2.24, 2.45) is 0 Å². The lowest BCUT2D eigenvalue weighted by molar-refractivity contribution is -0.132. The Morgan fingerprint density at radius 2 is 1.75 bits per heavy atom. The lowest BCUT2D eigenvalue weighted by Crippen LogP contribution is -2.54. The van der Waals surface area contributed by atoms with E-state index in [4.69, 9.17) is 16.6 Å². The number of benzene rings is 2. The van der Waals surface area contributed by atoms with Gasteiger partial charge in [0.1, 0.15) is 11.9 Å². The second kappa shape index (κ2) is 9.46. The number of piperazine rings is 1. The molecular formula is C24H26ClN5OS. The van der Waals surface area contributed by atoms with Gasteiger partial charge in [0.25, 0.3) is 0 Å². The van der Waals surface area contributed by atoms with E-state index in [-0.39, 0.29) is 11.9 Å². The standard InChI is InChI=1S/C24H26ClN5OS/c25-19-9-4-5-10-20(19)28-13-15-29(16-14-28)23(31)21-11-6-12-30(21)24-26-22(27-32-24)17-18-7-2-1-3-8-18/h1-5,7-10,21H,6,11-17H2. The Kier molecular flexibility index (Phi) is 6.28. The van der Waals surface area contributed by atoms with E-state index in [0.717, 1.165) is 54.1 Å². The molecule has 166 valence electrons. The van der Waals surface area contributed by atoms with Crippen LogP contribution < -0.4 is 9.80 Å². The van der Waals surface area contributed by atoms with E-state index in [1.54, 1.807) is 0 Å². The second-order valence-electron chi connectivity index (χ2n) is 8.27. The van der Waals surface area contributed by atoms with Gasteiger partial charge >= 0.3 is 0 Å². The van der Waals surface area contributed by atoms with Gasteiger partial charge in [-0.05, 0) is 30.5 Å². The van der Waals surface area contributed by atoms with Crippen LogP contribution in [0.2, 0.25) is 5.02 Å². The molecule has 6 nitrogen and oxygen atoms in total. The van der Waals surface area contributed by atoms with Crippen LogP contribution in [0.15, 0.2) is 54.6 Å². The van der Waals surface area contributed by atoms with Crippen molar-refractivity contribution in [3.63, 3.8) is 0 Å². The molecule has 32 heavy (non-hydrogen) atoms. The van der Waals surface area contributed by atoms with Gasteiger partial charge < -0.3 is 14.7 Å². The Morgan fingerprint density at radius 3 is 2.53 bits per heavy atom. The van der Waals surface area contributed by atoms with Gasteiger partial charge in [0, 0.05) is 50.7 Å². The number of amides is 1. The van der Waals surface area contributed by atoms with Gasteiger partial charge in [-0.3, -0.25) is 4.79 Å². The highest BCUT2D eigenvalue weighted by Gasteiger charge is 2.36. The normalized spacial score (nSPS) is 18.9. The first kappa shape index (κ1) is 21.2. The Balaban J connectivity index is 1.22. The molecule has 2 fully saturated rings. The van der Waals surface area contributed by atoms with Gasteiger partial charge in [-0.1, -0.05) is 54.1 Å². The lowest BCUT2D eigenvalue weighted by Gasteiger charge is -2.38. The third-order valence-corrected chi connectivity index (χ3v) is 7.34. The number of anilines is 2. The van der Waals surface area contributed by atoms with E-state index < -0.39 is 0 Å². The van der Waals surface area contributed by atoms with Crippen molar-refractivity contribution in [2.75, 3.05) is 42.5 Å². The summed E-state index contributed by atoms with van der Waals surface area (Å²) < 4.78 is 4.56. The minimum Gasteiger partial charge on any atom is -0.367 e. The number of para-hydroxylation sites is 1. The van der Waals surface area contributed by atoms with Crippen molar-refractivity contribution in [1.29, 1.82) is 0 Å². The van der Waals surface area contributed by atoms with E-state index in [2.05, 4.69) is 26.3 Å². The third kappa shape index (κ3) is 4.45. The molecule has 0 bridgehead atoms. The topological polar surface area (TPSA) is 52.6 Å². The summed E-state index contributed by atoms with van der Waals surface area (Å²) in [4.78, 5) is 24.6. The van der Waals surface area contributed by atoms with E-state index in [0.29, 0.717) is 19.5 Å². The molecule has 0 aliphatic carbocycles. The van der Waals surface area contributed by atoms with Crippen LogP contribution in [0.4, 0.5) is 10.8 Å². The maximum atomic E-state index is 13.4. The van der Waals surface area contributed by atoms with Crippen LogP contribution in [0.25, 0.3) is 0 Å². The molecule has 2 aromatic carbocycles. The lowest BCUT2D eigenvalue weighted by atomic mass is 10.1. The average Bonchev–Trinajstić information content (AvgIpc) is 3.49. The summed E-state index contributed by atoms with van der Waals surface area (Å²) in [5, 5.41) is 1.62. The van der Waals surface area contributed by atoms with Gasteiger partial charge in [-0.2, -0.15) is 4.37 Å². The summed E-state index contributed by atoms with van der Waals surface area (Å²) in [6.45, 7) is 3.87. The molecule has 1 unspecified atom stereocenters. The highest BCUT2D eigenvalue weighted by molar-refractivity contribution is 7.09. The van der Waals surface area contributed by atoms with Crippen LogP contribution in [0.3, 0.4) is 0 Å². The Labute approximate surface area is 197 Å². The monoisotopic (exact) mass is 467 g/mol. The highest BCUT2D eigenvalue weighted by Crippen LogP contribution is 2.30. The van der Waals surface area contributed by atoms with Gasteiger partial charge in [-0.15, -0.1) is 0 Å². The number of hydrogen-bond donors (Lipinski definition) is 0. The van der Waals surface area contributed by atoms with E-state index >= 15 is 0 Å². The van der Waals surface area contributed by atoms with Crippen molar-refractivity contribution < 1.29 is 4.79 Å². The molecule has 0 radical (unpaired) electrons. The van der Waals surface area contributed by atoms with Crippen LogP contribution in [-0.4, -0.2) is 58.9 Å². The Bertz CT molecular complexity index is 1070. The molecule has 0 spiro atoms. The highest BCUT2D eigenvalue weighted by atomic mass is 35.5. The predicted octanol–water partition coefficient (Wildman–Crippen LogP) is 4.10. The minimum absolute atomic E-state index is 0.139. The number of carbonyl (C=O) groups is 1. The Hall–Kier alpha value is -2.64. The first-order valence-electron chi connectivity index (χ1n) is 11.1. The zero-order valence-corrected chi connectivity index (χ0v) is 19.4. The van der Waals surface area contributed by atoms with E-state index in [1.807, 2.05) is 47.4 Å². The zero-order valence-electron chi connectivity index (χ0n) is 17.9. The molecule has 3 aromatic rings. The van der Waals surface area contributed by atoms with Crippen molar-refractivity contribution in [3.8, 4) is 0 Å². The van der Waals surface area contributed by atoms with Crippen molar-refractivity contribution >= 4 is 39.9 Å². The number of carbonyl (C=O) groups excluding carboxylic acids is 1.